The van der Waals surface area contributed by atoms with Gasteiger partial charge >= 0.3 is 0 Å². The van der Waals surface area contributed by atoms with Gasteiger partial charge in [-0.15, -0.1) is 0 Å². The van der Waals surface area contributed by atoms with Crippen molar-refractivity contribution < 1.29 is 9.59 Å². The van der Waals surface area contributed by atoms with Gasteiger partial charge in [0.2, 0.25) is 0 Å². The molecule has 4 nitrogen and oxygen atoms in total. The van der Waals surface area contributed by atoms with Crippen LogP contribution in [0.1, 0.15) is 10.4 Å². The molecule has 1 aromatic rings. The van der Waals surface area contributed by atoms with Crippen molar-refractivity contribution in [3.8, 4) is 0 Å². The molecule has 0 saturated carbocycles. The molecule has 0 aromatic heterocycles. The molecule has 0 aliphatic carbocycles. The quantitative estimate of drug-likeness (QED) is 0.629. The molecule has 18 heavy (non-hydrogen) atoms. The van der Waals surface area contributed by atoms with Crippen LogP contribution in [0, 0.1) is 0 Å². The van der Waals surface area contributed by atoms with E-state index in [0.717, 1.165) is 4.47 Å². The van der Waals surface area contributed by atoms with Gasteiger partial charge in [-0.3, -0.25) is 9.59 Å². The van der Waals surface area contributed by atoms with Gasteiger partial charge in [0.1, 0.15) is 0 Å². The number of hydrogen-bond acceptors (Lipinski definition) is 2. The Morgan fingerprint density at radius 3 is 2.22 bits per heavy atom. The minimum absolute atomic E-state index is 0.204. The van der Waals surface area contributed by atoms with Crippen LogP contribution < -0.4 is 10.6 Å². The Labute approximate surface area is 123 Å². The molecule has 0 unspecified atom stereocenters. The highest BCUT2D eigenvalue weighted by Gasteiger charge is 2.10. The Bertz CT molecular complexity index is 424. The fourth-order valence-corrected chi connectivity index (χ4v) is 1.56. The van der Waals surface area contributed by atoms with Gasteiger partial charge in [-0.2, -0.15) is 0 Å². The predicted octanol–water partition coefficient (Wildman–Crippen LogP) is 2.10. The van der Waals surface area contributed by atoms with Crippen LogP contribution in [-0.4, -0.2) is 29.7 Å². The average molecular weight is 354 g/mol. The maximum absolute atomic E-state index is 11.6. The summed E-state index contributed by atoms with van der Waals surface area (Å²) in [5, 5.41) is 5.13. The van der Waals surface area contributed by atoms with Crippen LogP contribution >= 0.6 is 39.1 Å². The molecule has 1 aromatic carbocycles. The minimum atomic E-state index is -1.09. The zero-order valence-electron chi connectivity index (χ0n) is 9.25. The first-order valence-electron chi connectivity index (χ1n) is 5.10. The fraction of sp³-hybridized carbons (Fsp3) is 0.273. The van der Waals surface area contributed by atoms with Gasteiger partial charge in [0, 0.05) is 23.1 Å². The number of benzene rings is 1. The van der Waals surface area contributed by atoms with Crippen LogP contribution in [0.4, 0.5) is 0 Å². The maximum Gasteiger partial charge on any atom is 0.253 e. The number of nitrogens with one attached hydrogen (secondary N) is 2. The van der Waals surface area contributed by atoms with Gasteiger partial charge in [-0.05, 0) is 24.3 Å². The first-order chi connectivity index (χ1) is 8.50. The molecule has 0 bridgehead atoms. The summed E-state index contributed by atoms with van der Waals surface area (Å²) < 4.78 is 0.904. The van der Waals surface area contributed by atoms with Gasteiger partial charge in [-0.1, -0.05) is 39.1 Å². The lowest BCUT2D eigenvalue weighted by atomic mass is 10.2. The smallest absolute Gasteiger partial charge is 0.253 e. The Hall–Kier alpha value is -0.780. The first-order valence-corrected chi connectivity index (χ1v) is 6.77. The average Bonchev–Trinajstić information content (AvgIpc) is 2.34. The van der Waals surface area contributed by atoms with Crippen molar-refractivity contribution >= 4 is 50.9 Å². The molecule has 0 heterocycles. The standard InChI is InChI=1S/C11H11BrCl2N2O2/c12-8-3-1-7(2-4-8)10(17)15-5-6-16-11(18)9(13)14/h1-4,9H,5-6H2,(H,15,17)(H,16,18). The van der Waals surface area contributed by atoms with E-state index in [2.05, 4.69) is 26.6 Å². The molecular weight excluding hydrogens is 343 g/mol. The van der Waals surface area contributed by atoms with E-state index in [-0.39, 0.29) is 12.5 Å². The van der Waals surface area contributed by atoms with E-state index in [9.17, 15) is 9.59 Å². The Balaban J connectivity index is 2.29. The van der Waals surface area contributed by atoms with E-state index in [1.165, 1.54) is 0 Å². The molecule has 2 N–H and O–H groups in total. The van der Waals surface area contributed by atoms with Crippen LogP contribution in [0.3, 0.4) is 0 Å². The lowest BCUT2D eigenvalue weighted by Crippen LogP contribution is -2.36. The molecular formula is C11H11BrCl2N2O2. The Morgan fingerprint density at radius 1 is 1.11 bits per heavy atom. The van der Waals surface area contributed by atoms with Gasteiger partial charge in [0.25, 0.3) is 11.8 Å². The number of amides is 2. The molecule has 0 saturated heterocycles. The van der Waals surface area contributed by atoms with E-state index >= 15 is 0 Å². The van der Waals surface area contributed by atoms with Gasteiger partial charge in [0.05, 0.1) is 0 Å². The van der Waals surface area contributed by atoms with E-state index in [4.69, 9.17) is 23.2 Å². The summed E-state index contributed by atoms with van der Waals surface area (Å²) >= 11 is 14.0. The van der Waals surface area contributed by atoms with Crippen molar-refractivity contribution in [3.05, 3.63) is 34.3 Å². The molecule has 0 radical (unpaired) electrons. The lowest BCUT2D eigenvalue weighted by molar-refractivity contribution is -0.119. The lowest BCUT2D eigenvalue weighted by Gasteiger charge is -2.07. The fourth-order valence-electron chi connectivity index (χ4n) is 1.14. The molecule has 0 aliphatic rings. The zero-order valence-corrected chi connectivity index (χ0v) is 12.3. The molecule has 1 rings (SSSR count). The highest BCUT2D eigenvalue weighted by atomic mass is 79.9. The Kier molecular flexibility index (Phi) is 6.46. The van der Waals surface area contributed by atoms with Crippen LogP contribution in [-0.2, 0) is 4.79 Å². The van der Waals surface area contributed by atoms with Gasteiger partial charge in [-0.25, -0.2) is 0 Å². The molecule has 2 amide bonds. The monoisotopic (exact) mass is 352 g/mol. The third-order valence-corrected chi connectivity index (χ3v) is 2.94. The first kappa shape index (κ1) is 15.3. The summed E-state index contributed by atoms with van der Waals surface area (Å²) in [6.07, 6.45) is 0. The summed E-state index contributed by atoms with van der Waals surface area (Å²) in [7, 11) is 0. The number of carbonyl (C=O) groups is 2. The molecule has 0 aliphatic heterocycles. The second kappa shape index (κ2) is 7.61. The topological polar surface area (TPSA) is 58.2 Å². The third kappa shape index (κ3) is 5.25. The van der Waals surface area contributed by atoms with Crippen molar-refractivity contribution in [1.82, 2.24) is 10.6 Å². The molecule has 98 valence electrons. The predicted molar refractivity (Wildman–Crippen MR) is 75.0 cm³/mol. The highest BCUT2D eigenvalue weighted by Crippen LogP contribution is 2.10. The molecule has 7 heteroatoms. The number of hydrogen-bond donors (Lipinski definition) is 2. The molecule has 0 fully saturated rings. The number of rotatable bonds is 5. The summed E-state index contributed by atoms with van der Waals surface area (Å²) in [5.74, 6) is -0.679. The zero-order chi connectivity index (χ0) is 13.5. The molecule has 0 atom stereocenters. The SMILES string of the molecule is O=C(NCCNC(=O)C(Cl)Cl)c1ccc(Br)cc1. The van der Waals surface area contributed by atoms with Crippen molar-refractivity contribution in [2.24, 2.45) is 0 Å². The van der Waals surface area contributed by atoms with Crippen LogP contribution in [0.25, 0.3) is 0 Å². The normalized spacial score (nSPS) is 10.2. The van der Waals surface area contributed by atoms with Crippen LogP contribution in [0.2, 0.25) is 0 Å². The molecule has 0 spiro atoms. The van der Waals surface area contributed by atoms with E-state index in [1.54, 1.807) is 24.3 Å². The summed E-state index contributed by atoms with van der Waals surface area (Å²) in [6.45, 7) is 0.582. The number of carbonyl (C=O) groups excluding carboxylic acids is 2. The van der Waals surface area contributed by atoms with E-state index < -0.39 is 10.7 Å². The summed E-state index contributed by atoms with van der Waals surface area (Å²) in [5.41, 5.74) is 0.553. The van der Waals surface area contributed by atoms with E-state index in [1.807, 2.05) is 0 Å². The largest absolute Gasteiger partial charge is 0.352 e. The minimum Gasteiger partial charge on any atom is -0.352 e. The third-order valence-electron chi connectivity index (χ3n) is 2.01. The Morgan fingerprint density at radius 2 is 1.67 bits per heavy atom. The van der Waals surface area contributed by atoms with Crippen molar-refractivity contribution in [1.29, 1.82) is 0 Å². The summed E-state index contributed by atoms with van der Waals surface area (Å²) in [6, 6.07) is 6.96. The van der Waals surface area contributed by atoms with Crippen LogP contribution in [0.5, 0.6) is 0 Å². The summed E-state index contributed by atoms with van der Waals surface area (Å²) in [4.78, 5) is 21.6. The second-order valence-corrected chi connectivity index (χ2v) is 5.37. The van der Waals surface area contributed by atoms with Gasteiger partial charge < -0.3 is 10.6 Å². The van der Waals surface area contributed by atoms with Crippen molar-refractivity contribution in [2.75, 3.05) is 13.1 Å². The van der Waals surface area contributed by atoms with Crippen molar-refractivity contribution in [3.63, 3.8) is 0 Å². The van der Waals surface area contributed by atoms with Crippen LogP contribution in [0.15, 0.2) is 28.7 Å². The highest BCUT2D eigenvalue weighted by molar-refractivity contribution is 9.10. The number of alkyl halides is 2. The van der Waals surface area contributed by atoms with Crippen molar-refractivity contribution in [2.45, 2.75) is 4.84 Å². The van der Waals surface area contributed by atoms with Gasteiger partial charge in [0.15, 0.2) is 4.84 Å². The maximum atomic E-state index is 11.6. The number of halogens is 3. The van der Waals surface area contributed by atoms with E-state index in [0.29, 0.717) is 12.1 Å². The second-order valence-electron chi connectivity index (χ2n) is 3.35.